The molecule has 1 fully saturated rings. The number of ether oxygens (including phenoxy) is 1. The normalized spacial score (nSPS) is 15.2. The van der Waals surface area contributed by atoms with Gasteiger partial charge in [-0.15, -0.1) is 0 Å². The number of benzene rings is 2. The number of carbonyl (C=O) groups excluding carboxylic acids is 3. The van der Waals surface area contributed by atoms with Crippen LogP contribution in [0.3, 0.4) is 0 Å². The summed E-state index contributed by atoms with van der Waals surface area (Å²) in [7, 11) is 1.30. The molecule has 2 aromatic rings. The predicted octanol–water partition coefficient (Wildman–Crippen LogP) is 4.03. The van der Waals surface area contributed by atoms with Gasteiger partial charge in [0.25, 0.3) is 11.1 Å². The van der Waals surface area contributed by atoms with Crippen molar-refractivity contribution in [3.8, 4) is 0 Å². The highest BCUT2D eigenvalue weighted by atomic mass is 32.2. The summed E-state index contributed by atoms with van der Waals surface area (Å²) in [6, 6.07) is 10.8. The van der Waals surface area contributed by atoms with Crippen LogP contribution in [0.25, 0.3) is 6.08 Å². The molecule has 28 heavy (non-hydrogen) atoms. The van der Waals surface area contributed by atoms with Gasteiger partial charge in [0.2, 0.25) is 0 Å². The Hall–Kier alpha value is -3.13. The van der Waals surface area contributed by atoms with Gasteiger partial charge in [0.1, 0.15) is 5.82 Å². The zero-order chi connectivity index (χ0) is 20.3. The summed E-state index contributed by atoms with van der Waals surface area (Å²) in [6.45, 7) is 1.74. The lowest BCUT2D eigenvalue weighted by atomic mass is 10.1. The monoisotopic (exact) mass is 400 g/mol. The van der Waals surface area contributed by atoms with Crippen LogP contribution >= 0.6 is 11.8 Å². The van der Waals surface area contributed by atoms with Crippen LogP contribution in [0.4, 0.5) is 14.9 Å². The largest absolute Gasteiger partial charge is 0.465 e. The summed E-state index contributed by atoms with van der Waals surface area (Å²) in [5.41, 5.74) is 2.38. The molecule has 0 aliphatic carbocycles. The maximum absolute atomic E-state index is 13.4. The third-order valence-electron chi connectivity index (χ3n) is 4.13. The van der Waals surface area contributed by atoms with Gasteiger partial charge in [-0.25, -0.2) is 9.18 Å². The Kier molecular flexibility index (Phi) is 5.79. The first-order chi connectivity index (χ1) is 13.4. The molecular weight excluding hydrogens is 383 g/mol. The Morgan fingerprint density at radius 1 is 1.21 bits per heavy atom. The number of nitrogens with zero attached hydrogens (tertiary/aromatic N) is 1. The van der Waals surface area contributed by atoms with E-state index in [4.69, 9.17) is 0 Å². The van der Waals surface area contributed by atoms with Gasteiger partial charge in [-0.05, 0) is 60.2 Å². The average Bonchev–Trinajstić information content (AvgIpc) is 2.95. The Balaban J connectivity index is 1.71. The fourth-order valence-corrected chi connectivity index (χ4v) is 3.41. The predicted molar refractivity (Wildman–Crippen MR) is 105 cm³/mol. The number of halogens is 1. The molecule has 8 heteroatoms. The lowest BCUT2D eigenvalue weighted by Crippen LogP contribution is -2.33. The van der Waals surface area contributed by atoms with E-state index in [-0.39, 0.29) is 11.6 Å². The molecule has 0 radical (unpaired) electrons. The van der Waals surface area contributed by atoms with Gasteiger partial charge in [-0.1, -0.05) is 18.2 Å². The smallest absolute Gasteiger partial charge is 0.337 e. The van der Waals surface area contributed by atoms with E-state index in [9.17, 15) is 18.8 Å². The first-order valence-corrected chi connectivity index (χ1v) is 9.14. The molecule has 6 nitrogen and oxygen atoms in total. The fourth-order valence-electron chi connectivity index (χ4n) is 2.57. The number of anilines is 1. The van der Waals surface area contributed by atoms with Crippen LogP contribution in [0.2, 0.25) is 0 Å². The number of aryl methyl sites for hydroxylation is 1. The van der Waals surface area contributed by atoms with Crippen molar-refractivity contribution in [1.29, 1.82) is 0 Å². The summed E-state index contributed by atoms with van der Waals surface area (Å²) in [5, 5.41) is 2.51. The standard InChI is InChI=1S/C20H17FN2O4S/c1-12-3-8-15(21)10-16(12)22-11-23-18(24)17(28-20(23)26)9-13-4-6-14(7-5-13)19(25)27-2/h3-10,22H,11H2,1-2H3/b17-9+. The zero-order valence-electron chi connectivity index (χ0n) is 15.2. The maximum Gasteiger partial charge on any atom is 0.337 e. The van der Waals surface area contributed by atoms with Crippen LogP contribution in [0, 0.1) is 12.7 Å². The zero-order valence-corrected chi connectivity index (χ0v) is 16.0. The van der Waals surface area contributed by atoms with Crippen LogP contribution in [0.5, 0.6) is 0 Å². The minimum atomic E-state index is -0.453. The quantitative estimate of drug-likeness (QED) is 0.603. The Labute approximate surface area is 165 Å². The number of hydrogen-bond acceptors (Lipinski definition) is 6. The van der Waals surface area contributed by atoms with Gasteiger partial charge >= 0.3 is 5.97 Å². The second-order valence-electron chi connectivity index (χ2n) is 6.02. The summed E-state index contributed by atoms with van der Waals surface area (Å²) < 4.78 is 18.0. The van der Waals surface area contributed by atoms with E-state index < -0.39 is 22.9 Å². The van der Waals surface area contributed by atoms with Gasteiger partial charge in [0.15, 0.2) is 0 Å². The van der Waals surface area contributed by atoms with Crippen molar-refractivity contribution >= 4 is 40.6 Å². The van der Waals surface area contributed by atoms with Gasteiger partial charge in [0, 0.05) is 5.69 Å². The maximum atomic E-state index is 13.4. The molecule has 1 aliphatic heterocycles. The lowest BCUT2D eigenvalue weighted by molar-refractivity contribution is -0.122. The second kappa shape index (κ2) is 8.26. The number of methoxy groups -OCH3 is 1. The third-order valence-corrected chi connectivity index (χ3v) is 5.04. The highest BCUT2D eigenvalue weighted by Crippen LogP contribution is 2.32. The summed E-state index contributed by atoms with van der Waals surface area (Å²) in [6.07, 6.45) is 1.58. The minimum absolute atomic E-state index is 0.0619. The van der Waals surface area contributed by atoms with Gasteiger partial charge < -0.3 is 10.1 Å². The Morgan fingerprint density at radius 2 is 1.93 bits per heavy atom. The van der Waals surface area contributed by atoms with Crippen LogP contribution in [0.15, 0.2) is 47.4 Å². The first-order valence-electron chi connectivity index (χ1n) is 8.33. The van der Waals surface area contributed by atoms with Crippen molar-refractivity contribution in [3.05, 3.63) is 69.9 Å². The number of nitrogens with one attached hydrogen (secondary N) is 1. The molecule has 0 unspecified atom stereocenters. The van der Waals surface area contributed by atoms with Crippen molar-refractivity contribution in [2.45, 2.75) is 6.92 Å². The minimum Gasteiger partial charge on any atom is -0.465 e. The Morgan fingerprint density at radius 3 is 2.61 bits per heavy atom. The van der Waals surface area contributed by atoms with Crippen molar-refractivity contribution in [2.75, 3.05) is 19.1 Å². The molecule has 144 valence electrons. The third kappa shape index (κ3) is 4.23. The molecule has 1 heterocycles. The van der Waals surface area contributed by atoms with E-state index in [0.717, 1.165) is 22.2 Å². The Bertz CT molecular complexity index is 973. The highest BCUT2D eigenvalue weighted by Gasteiger charge is 2.34. The van der Waals surface area contributed by atoms with E-state index in [1.54, 1.807) is 43.3 Å². The fraction of sp³-hybridized carbons (Fsp3) is 0.150. The summed E-state index contributed by atoms with van der Waals surface area (Å²) in [5.74, 6) is -1.29. The molecule has 0 spiro atoms. The SMILES string of the molecule is COC(=O)c1ccc(/C=C2/SC(=O)N(CNc3cc(F)ccc3C)C2=O)cc1. The van der Waals surface area contributed by atoms with E-state index in [2.05, 4.69) is 10.1 Å². The van der Waals surface area contributed by atoms with Crippen molar-refractivity contribution < 1.29 is 23.5 Å². The average molecular weight is 400 g/mol. The highest BCUT2D eigenvalue weighted by molar-refractivity contribution is 8.18. The first kappa shape index (κ1) is 19.6. The number of rotatable bonds is 5. The van der Waals surface area contributed by atoms with Crippen LogP contribution in [-0.2, 0) is 9.53 Å². The number of hydrogen-bond donors (Lipinski definition) is 1. The van der Waals surface area contributed by atoms with E-state index in [1.165, 1.54) is 19.2 Å². The number of carbonyl (C=O) groups is 3. The summed E-state index contributed by atoms with van der Waals surface area (Å²) >= 11 is 0.827. The van der Waals surface area contributed by atoms with Crippen LogP contribution in [-0.4, -0.2) is 35.8 Å². The number of esters is 1. The van der Waals surface area contributed by atoms with Crippen LogP contribution < -0.4 is 5.32 Å². The van der Waals surface area contributed by atoms with E-state index in [1.807, 2.05) is 0 Å². The molecule has 0 bridgehead atoms. The molecule has 1 N–H and O–H groups in total. The second-order valence-corrected chi connectivity index (χ2v) is 7.01. The van der Waals surface area contributed by atoms with Crippen molar-refractivity contribution in [3.63, 3.8) is 0 Å². The topological polar surface area (TPSA) is 75.7 Å². The van der Waals surface area contributed by atoms with Gasteiger partial charge in [0.05, 0.1) is 24.2 Å². The van der Waals surface area contributed by atoms with E-state index >= 15 is 0 Å². The molecule has 1 aliphatic rings. The van der Waals surface area contributed by atoms with Gasteiger partial charge in [-0.3, -0.25) is 14.5 Å². The molecule has 2 aromatic carbocycles. The van der Waals surface area contributed by atoms with Gasteiger partial charge in [-0.2, -0.15) is 0 Å². The number of amides is 2. The van der Waals surface area contributed by atoms with E-state index in [0.29, 0.717) is 16.8 Å². The number of thioether (sulfide) groups is 1. The molecule has 0 atom stereocenters. The summed E-state index contributed by atoms with van der Waals surface area (Å²) in [4.78, 5) is 37.5. The molecule has 0 saturated carbocycles. The van der Waals surface area contributed by atoms with Crippen LogP contribution in [0.1, 0.15) is 21.5 Å². The number of imide groups is 1. The molecule has 3 rings (SSSR count). The molecule has 2 amide bonds. The molecular formula is C20H17FN2O4S. The van der Waals surface area contributed by atoms with Crippen molar-refractivity contribution in [2.24, 2.45) is 0 Å². The molecule has 0 aromatic heterocycles. The lowest BCUT2D eigenvalue weighted by Gasteiger charge is -2.16. The van der Waals surface area contributed by atoms with Crippen molar-refractivity contribution in [1.82, 2.24) is 4.90 Å². The molecule has 1 saturated heterocycles.